The van der Waals surface area contributed by atoms with Crippen molar-refractivity contribution in [3.63, 3.8) is 0 Å². The van der Waals surface area contributed by atoms with Gasteiger partial charge in [0, 0.05) is 22.7 Å². The fourth-order valence-corrected chi connectivity index (χ4v) is 2.86. The average molecular weight is 326 g/mol. The minimum atomic E-state index is -0.528. The summed E-state index contributed by atoms with van der Waals surface area (Å²) in [7, 11) is 0. The maximum absolute atomic E-state index is 12.3. The summed E-state index contributed by atoms with van der Waals surface area (Å²) in [5, 5.41) is 5.09. The summed E-state index contributed by atoms with van der Waals surface area (Å²) in [5.74, 6) is -0.726. The largest absolute Gasteiger partial charge is 0.364 e. The third-order valence-corrected chi connectivity index (χ3v) is 4.12. The number of aromatic nitrogens is 2. The monoisotopic (exact) mass is 326 g/mol. The third kappa shape index (κ3) is 3.14. The smallest absolute Gasteiger partial charge is 0.265 e. The van der Waals surface area contributed by atoms with Crippen molar-refractivity contribution in [3.8, 4) is 11.3 Å². The number of benzene rings is 1. The molecule has 0 saturated heterocycles. The number of carbonyl (C=O) groups excluding carboxylic acids is 2. The summed E-state index contributed by atoms with van der Waals surface area (Å²) in [6.45, 7) is 1.88. The molecule has 23 heavy (non-hydrogen) atoms. The summed E-state index contributed by atoms with van der Waals surface area (Å²) in [4.78, 5) is 30.5. The molecule has 2 heterocycles. The first-order valence-corrected chi connectivity index (χ1v) is 7.73. The quantitative estimate of drug-likeness (QED) is 0.687. The van der Waals surface area contributed by atoms with Gasteiger partial charge >= 0.3 is 0 Å². The van der Waals surface area contributed by atoms with Crippen molar-refractivity contribution in [2.75, 3.05) is 5.32 Å². The Kier molecular flexibility index (Phi) is 3.94. The predicted octanol–water partition coefficient (Wildman–Crippen LogP) is 2.80. The topological polar surface area (TPSA) is 101 Å². The van der Waals surface area contributed by atoms with Gasteiger partial charge in [0.05, 0.1) is 5.69 Å². The molecule has 4 N–H and O–H groups in total. The first-order chi connectivity index (χ1) is 11.0. The number of carbonyl (C=O) groups is 2. The Balaban J connectivity index is 1.78. The highest BCUT2D eigenvalue weighted by Crippen LogP contribution is 2.26. The summed E-state index contributed by atoms with van der Waals surface area (Å²) < 4.78 is 0. The van der Waals surface area contributed by atoms with E-state index in [0.29, 0.717) is 22.1 Å². The van der Waals surface area contributed by atoms with Crippen molar-refractivity contribution < 1.29 is 9.59 Å². The number of amides is 2. The second-order valence-corrected chi connectivity index (χ2v) is 5.83. The first-order valence-electron chi connectivity index (χ1n) is 6.85. The van der Waals surface area contributed by atoms with E-state index in [9.17, 15) is 9.59 Å². The summed E-state index contributed by atoms with van der Waals surface area (Å²) in [5.41, 5.74) is 8.45. The van der Waals surface area contributed by atoms with Crippen LogP contribution in [0.25, 0.3) is 11.3 Å². The molecule has 6 nitrogen and oxygen atoms in total. The highest BCUT2D eigenvalue weighted by Gasteiger charge is 2.13. The van der Waals surface area contributed by atoms with Gasteiger partial charge in [-0.05, 0) is 24.6 Å². The minimum absolute atomic E-state index is 0.198. The normalized spacial score (nSPS) is 10.5. The van der Waals surface area contributed by atoms with Crippen LogP contribution < -0.4 is 11.1 Å². The van der Waals surface area contributed by atoms with Crippen LogP contribution >= 0.6 is 11.3 Å². The Morgan fingerprint density at radius 3 is 2.78 bits per heavy atom. The highest BCUT2D eigenvalue weighted by molar-refractivity contribution is 7.14. The molecule has 0 aliphatic rings. The van der Waals surface area contributed by atoms with Crippen molar-refractivity contribution in [2.24, 2.45) is 5.73 Å². The second kappa shape index (κ2) is 6.05. The molecule has 116 valence electrons. The van der Waals surface area contributed by atoms with Crippen molar-refractivity contribution in [1.29, 1.82) is 0 Å². The third-order valence-electron chi connectivity index (χ3n) is 3.36. The van der Waals surface area contributed by atoms with E-state index in [2.05, 4.69) is 15.3 Å². The van der Waals surface area contributed by atoms with Crippen LogP contribution in [0.5, 0.6) is 0 Å². The van der Waals surface area contributed by atoms with Crippen LogP contribution in [-0.4, -0.2) is 21.8 Å². The van der Waals surface area contributed by atoms with E-state index < -0.39 is 5.91 Å². The maximum Gasteiger partial charge on any atom is 0.265 e. The number of anilines is 1. The number of aryl methyl sites for hydroxylation is 1. The molecule has 0 atom stereocenters. The first kappa shape index (κ1) is 15.0. The van der Waals surface area contributed by atoms with Gasteiger partial charge in [-0.1, -0.05) is 18.2 Å². The molecule has 0 spiro atoms. The molecule has 0 aliphatic heterocycles. The number of rotatable bonds is 4. The molecule has 0 fully saturated rings. The average Bonchev–Trinajstić information content (AvgIpc) is 3.16. The lowest BCUT2D eigenvalue weighted by Gasteiger charge is -2.04. The number of H-pyrrole nitrogens is 1. The Labute approximate surface area is 136 Å². The standard InChI is InChI=1S/C16H14N4O2S/c1-9-4-2-3-5-11(9)15(22)20-16-19-13(8-23-16)10-6-12(14(17)21)18-7-10/h2-8,18H,1H3,(H2,17,21)(H,19,20,22). The molecule has 1 aromatic carbocycles. The van der Waals surface area contributed by atoms with Gasteiger partial charge in [0.2, 0.25) is 0 Å². The summed E-state index contributed by atoms with van der Waals surface area (Å²) >= 11 is 1.32. The molecular weight excluding hydrogens is 312 g/mol. The van der Waals surface area contributed by atoms with Crippen LogP contribution in [0.1, 0.15) is 26.4 Å². The molecular formula is C16H14N4O2S. The van der Waals surface area contributed by atoms with E-state index >= 15 is 0 Å². The SMILES string of the molecule is Cc1ccccc1C(=O)Nc1nc(-c2c[nH]c(C(N)=O)c2)cs1. The Morgan fingerprint density at radius 1 is 1.30 bits per heavy atom. The van der Waals surface area contributed by atoms with Crippen LogP contribution in [-0.2, 0) is 0 Å². The number of thiazole rings is 1. The number of nitrogens with zero attached hydrogens (tertiary/aromatic N) is 1. The molecule has 7 heteroatoms. The predicted molar refractivity (Wildman–Crippen MR) is 89.6 cm³/mol. The molecule has 2 aromatic heterocycles. The highest BCUT2D eigenvalue weighted by atomic mass is 32.1. The van der Waals surface area contributed by atoms with Gasteiger partial charge in [-0.15, -0.1) is 11.3 Å². The lowest BCUT2D eigenvalue weighted by molar-refractivity contribution is 0.0994. The Bertz CT molecular complexity index is 882. The number of aromatic amines is 1. The zero-order chi connectivity index (χ0) is 16.4. The Hall–Kier alpha value is -2.93. The molecule has 0 aliphatic carbocycles. The van der Waals surface area contributed by atoms with E-state index in [1.54, 1.807) is 23.7 Å². The van der Waals surface area contributed by atoms with Crippen LogP contribution in [0.15, 0.2) is 41.9 Å². The van der Waals surface area contributed by atoms with Gasteiger partial charge in [-0.3, -0.25) is 14.9 Å². The van der Waals surface area contributed by atoms with Gasteiger partial charge in [0.1, 0.15) is 5.69 Å². The number of nitrogens with one attached hydrogen (secondary N) is 2. The number of hydrogen-bond donors (Lipinski definition) is 3. The van der Waals surface area contributed by atoms with Gasteiger partial charge in [-0.25, -0.2) is 4.98 Å². The lowest BCUT2D eigenvalue weighted by Crippen LogP contribution is -2.12. The minimum Gasteiger partial charge on any atom is -0.364 e. The van der Waals surface area contributed by atoms with Crippen LogP contribution in [0.2, 0.25) is 0 Å². The Morgan fingerprint density at radius 2 is 2.09 bits per heavy atom. The summed E-state index contributed by atoms with van der Waals surface area (Å²) in [6, 6.07) is 8.98. The second-order valence-electron chi connectivity index (χ2n) is 4.97. The van der Waals surface area contributed by atoms with Gasteiger partial charge in [-0.2, -0.15) is 0 Å². The molecule has 3 aromatic rings. The van der Waals surface area contributed by atoms with E-state index in [0.717, 1.165) is 11.1 Å². The van der Waals surface area contributed by atoms with Gasteiger partial charge in [0.15, 0.2) is 5.13 Å². The van der Waals surface area contributed by atoms with Gasteiger partial charge in [0.25, 0.3) is 11.8 Å². The van der Waals surface area contributed by atoms with Crippen LogP contribution in [0, 0.1) is 6.92 Å². The number of nitrogens with two attached hydrogens (primary N) is 1. The fraction of sp³-hybridized carbons (Fsp3) is 0.0625. The zero-order valence-electron chi connectivity index (χ0n) is 12.3. The van der Waals surface area contributed by atoms with E-state index in [1.807, 2.05) is 25.1 Å². The van der Waals surface area contributed by atoms with Gasteiger partial charge < -0.3 is 10.7 Å². The van der Waals surface area contributed by atoms with Crippen molar-refractivity contribution in [3.05, 3.63) is 58.7 Å². The van der Waals surface area contributed by atoms with Crippen molar-refractivity contribution in [1.82, 2.24) is 9.97 Å². The maximum atomic E-state index is 12.3. The molecule has 2 amide bonds. The van der Waals surface area contributed by atoms with Crippen molar-refractivity contribution >= 4 is 28.3 Å². The van der Waals surface area contributed by atoms with E-state index in [4.69, 9.17) is 5.73 Å². The number of hydrogen-bond acceptors (Lipinski definition) is 4. The zero-order valence-corrected chi connectivity index (χ0v) is 13.1. The van der Waals surface area contributed by atoms with Crippen molar-refractivity contribution in [2.45, 2.75) is 6.92 Å². The van der Waals surface area contributed by atoms with E-state index in [1.165, 1.54) is 11.3 Å². The van der Waals surface area contributed by atoms with Crippen LogP contribution in [0.3, 0.4) is 0 Å². The molecule has 3 rings (SSSR count). The molecule has 0 unspecified atom stereocenters. The number of primary amides is 1. The van der Waals surface area contributed by atoms with E-state index in [-0.39, 0.29) is 5.91 Å². The summed E-state index contributed by atoms with van der Waals surface area (Å²) in [6.07, 6.45) is 1.65. The lowest BCUT2D eigenvalue weighted by atomic mass is 10.1. The van der Waals surface area contributed by atoms with Crippen LogP contribution in [0.4, 0.5) is 5.13 Å². The molecule has 0 radical (unpaired) electrons. The fourth-order valence-electron chi connectivity index (χ4n) is 2.14. The molecule has 0 bridgehead atoms. The molecule has 0 saturated carbocycles.